The summed E-state index contributed by atoms with van der Waals surface area (Å²) in [4.78, 5) is 11.3. The molecule has 3 heteroatoms. The molecular weight excluding hydrogens is 202 g/mol. The van der Waals surface area contributed by atoms with Crippen LogP contribution in [0.5, 0.6) is 0 Å². The van der Waals surface area contributed by atoms with Crippen LogP contribution in [0.2, 0.25) is 0 Å². The number of rotatable bonds is 4. The monoisotopic (exact) mass is 225 g/mol. The predicted molar refractivity (Wildman–Crippen MR) is 63.0 cm³/mol. The molecule has 3 aliphatic rings. The first-order valence-corrected chi connectivity index (χ1v) is 6.31. The van der Waals surface area contributed by atoms with Crippen LogP contribution in [0.1, 0.15) is 33.1 Å². The Bertz CT molecular complexity index is 273. The van der Waals surface area contributed by atoms with Gasteiger partial charge < -0.3 is 10.1 Å². The van der Waals surface area contributed by atoms with E-state index in [-0.39, 0.29) is 12.5 Å². The molecule has 3 rings (SSSR count). The van der Waals surface area contributed by atoms with E-state index in [1.54, 1.807) is 7.11 Å². The Hall–Kier alpha value is -0.570. The summed E-state index contributed by atoms with van der Waals surface area (Å²) in [5.41, 5.74) is 0.509. The lowest BCUT2D eigenvalue weighted by Crippen LogP contribution is -2.54. The normalized spacial score (nSPS) is 35.3. The van der Waals surface area contributed by atoms with E-state index < -0.39 is 0 Å². The minimum atomic E-state index is 0.0155. The standard InChI is InChI=1S/C13H23NO2/c1-13(2)10-5-4-9(11(13)6-10)7-14-12(15)8-16-3/h9-11H,4-8H2,1-3H3,(H,14,15)/t9-,10-,11-/m0/s1. The molecule has 3 nitrogen and oxygen atoms in total. The molecule has 16 heavy (non-hydrogen) atoms. The van der Waals surface area contributed by atoms with Gasteiger partial charge >= 0.3 is 0 Å². The summed E-state index contributed by atoms with van der Waals surface area (Å²) in [5, 5.41) is 2.98. The molecule has 1 amide bonds. The maximum absolute atomic E-state index is 11.3. The third-order valence-electron chi connectivity index (χ3n) is 4.84. The zero-order chi connectivity index (χ0) is 11.8. The van der Waals surface area contributed by atoms with Crippen molar-refractivity contribution in [2.75, 3.05) is 20.3 Å². The highest BCUT2D eigenvalue weighted by atomic mass is 16.5. The number of amides is 1. The quantitative estimate of drug-likeness (QED) is 0.792. The molecule has 0 aromatic rings. The number of hydrogen-bond donors (Lipinski definition) is 1. The van der Waals surface area contributed by atoms with E-state index in [4.69, 9.17) is 4.74 Å². The first-order valence-electron chi connectivity index (χ1n) is 6.31. The SMILES string of the molecule is COCC(=O)NC[C@@H]1CC[C@H]2C[C@@H]1C2(C)C. The van der Waals surface area contributed by atoms with E-state index in [0.717, 1.165) is 18.4 Å². The summed E-state index contributed by atoms with van der Waals surface area (Å²) in [5.74, 6) is 2.44. The Kier molecular flexibility index (Phi) is 3.24. The van der Waals surface area contributed by atoms with E-state index >= 15 is 0 Å². The Morgan fingerprint density at radius 2 is 2.19 bits per heavy atom. The Morgan fingerprint density at radius 3 is 2.75 bits per heavy atom. The molecule has 0 saturated heterocycles. The fourth-order valence-corrected chi connectivity index (χ4v) is 3.63. The molecule has 0 aliphatic heterocycles. The van der Waals surface area contributed by atoms with E-state index in [9.17, 15) is 4.79 Å². The Balaban J connectivity index is 1.80. The average Bonchev–Trinajstić information content (AvgIpc) is 2.27. The fourth-order valence-electron chi connectivity index (χ4n) is 3.63. The summed E-state index contributed by atoms with van der Waals surface area (Å²) in [6.45, 7) is 5.79. The highest BCUT2D eigenvalue weighted by molar-refractivity contribution is 5.77. The second-order valence-corrected chi connectivity index (χ2v) is 5.94. The van der Waals surface area contributed by atoms with Gasteiger partial charge in [-0.3, -0.25) is 4.79 Å². The van der Waals surface area contributed by atoms with Gasteiger partial charge in [-0.05, 0) is 42.4 Å². The largest absolute Gasteiger partial charge is 0.375 e. The van der Waals surface area contributed by atoms with Gasteiger partial charge in [0.2, 0.25) is 5.91 Å². The van der Waals surface area contributed by atoms with Gasteiger partial charge in [0.05, 0.1) is 0 Å². The zero-order valence-electron chi connectivity index (χ0n) is 10.6. The van der Waals surface area contributed by atoms with E-state index in [1.165, 1.54) is 19.3 Å². The summed E-state index contributed by atoms with van der Waals surface area (Å²) >= 11 is 0. The van der Waals surface area contributed by atoms with Gasteiger partial charge in [0.15, 0.2) is 0 Å². The van der Waals surface area contributed by atoms with Gasteiger partial charge in [0.1, 0.15) is 6.61 Å². The molecule has 3 aliphatic carbocycles. The molecule has 0 heterocycles. The molecule has 0 unspecified atom stereocenters. The summed E-state index contributed by atoms with van der Waals surface area (Å²) in [7, 11) is 1.56. The number of fused-ring (bicyclic) bond motifs is 2. The molecular formula is C13H23NO2. The van der Waals surface area contributed by atoms with Gasteiger partial charge in [-0.15, -0.1) is 0 Å². The zero-order valence-corrected chi connectivity index (χ0v) is 10.6. The summed E-state index contributed by atoms with van der Waals surface area (Å²) in [6.07, 6.45) is 4.00. The van der Waals surface area contributed by atoms with Crippen LogP contribution in [0, 0.1) is 23.2 Å². The maximum Gasteiger partial charge on any atom is 0.245 e. The molecule has 3 saturated carbocycles. The Labute approximate surface area is 97.9 Å². The second-order valence-electron chi connectivity index (χ2n) is 5.94. The first-order chi connectivity index (χ1) is 7.55. The number of carbonyl (C=O) groups is 1. The highest BCUT2D eigenvalue weighted by Gasteiger charge is 2.53. The van der Waals surface area contributed by atoms with E-state index in [0.29, 0.717) is 11.3 Å². The van der Waals surface area contributed by atoms with Crippen molar-refractivity contribution in [1.82, 2.24) is 5.32 Å². The molecule has 3 atom stereocenters. The fraction of sp³-hybridized carbons (Fsp3) is 0.923. The minimum Gasteiger partial charge on any atom is -0.375 e. The molecule has 0 spiro atoms. The van der Waals surface area contributed by atoms with Gasteiger partial charge in [-0.1, -0.05) is 13.8 Å². The van der Waals surface area contributed by atoms with Crippen LogP contribution in [0.4, 0.5) is 0 Å². The molecule has 0 aromatic carbocycles. The lowest BCUT2D eigenvalue weighted by molar-refractivity contribution is -0.128. The van der Waals surface area contributed by atoms with Crippen molar-refractivity contribution in [3.8, 4) is 0 Å². The third-order valence-corrected chi connectivity index (χ3v) is 4.84. The van der Waals surface area contributed by atoms with Crippen molar-refractivity contribution >= 4 is 5.91 Å². The van der Waals surface area contributed by atoms with Crippen molar-refractivity contribution < 1.29 is 9.53 Å². The van der Waals surface area contributed by atoms with Crippen LogP contribution in [-0.2, 0) is 9.53 Å². The summed E-state index contributed by atoms with van der Waals surface area (Å²) in [6, 6.07) is 0. The number of hydrogen-bond acceptors (Lipinski definition) is 2. The third kappa shape index (κ3) is 1.97. The van der Waals surface area contributed by atoms with Crippen LogP contribution in [0.15, 0.2) is 0 Å². The van der Waals surface area contributed by atoms with E-state index in [2.05, 4.69) is 19.2 Å². The predicted octanol–water partition coefficient (Wildman–Crippen LogP) is 1.82. The van der Waals surface area contributed by atoms with Crippen LogP contribution in [0.25, 0.3) is 0 Å². The van der Waals surface area contributed by atoms with Crippen molar-refractivity contribution in [1.29, 1.82) is 0 Å². The number of methoxy groups -OCH3 is 1. The van der Waals surface area contributed by atoms with Crippen molar-refractivity contribution in [2.24, 2.45) is 23.2 Å². The maximum atomic E-state index is 11.3. The van der Waals surface area contributed by atoms with Crippen LogP contribution in [0.3, 0.4) is 0 Å². The van der Waals surface area contributed by atoms with Gasteiger partial charge in [-0.2, -0.15) is 0 Å². The molecule has 2 bridgehead atoms. The smallest absolute Gasteiger partial charge is 0.245 e. The Morgan fingerprint density at radius 1 is 1.44 bits per heavy atom. The minimum absolute atomic E-state index is 0.0155. The van der Waals surface area contributed by atoms with Crippen molar-refractivity contribution in [3.05, 3.63) is 0 Å². The van der Waals surface area contributed by atoms with Crippen molar-refractivity contribution in [2.45, 2.75) is 33.1 Å². The molecule has 3 fully saturated rings. The topological polar surface area (TPSA) is 38.3 Å². The average molecular weight is 225 g/mol. The number of carbonyl (C=O) groups excluding carboxylic acids is 1. The van der Waals surface area contributed by atoms with Crippen LogP contribution >= 0.6 is 0 Å². The molecule has 0 aromatic heterocycles. The highest BCUT2D eigenvalue weighted by Crippen LogP contribution is 2.61. The molecule has 1 N–H and O–H groups in total. The summed E-state index contributed by atoms with van der Waals surface area (Å²) < 4.78 is 4.81. The van der Waals surface area contributed by atoms with E-state index in [1.807, 2.05) is 0 Å². The molecule has 0 radical (unpaired) electrons. The second kappa shape index (κ2) is 4.36. The van der Waals surface area contributed by atoms with Crippen LogP contribution < -0.4 is 5.32 Å². The molecule has 92 valence electrons. The van der Waals surface area contributed by atoms with Gasteiger partial charge in [0.25, 0.3) is 0 Å². The number of ether oxygens (including phenoxy) is 1. The van der Waals surface area contributed by atoms with Gasteiger partial charge in [0, 0.05) is 13.7 Å². The van der Waals surface area contributed by atoms with Crippen LogP contribution in [-0.4, -0.2) is 26.2 Å². The van der Waals surface area contributed by atoms with Gasteiger partial charge in [-0.25, -0.2) is 0 Å². The lowest BCUT2D eigenvalue weighted by Gasteiger charge is -2.60. The number of nitrogens with one attached hydrogen (secondary N) is 1. The first kappa shape index (κ1) is 11.9. The van der Waals surface area contributed by atoms with Crippen molar-refractivity contribution in [3.63, 3.8) is 0 Å². The lowest BCUT2D eigenvalue weighted by atomic mass is 9.45.